The molecule has 2 N–H and O–H groups in total. The molecule has 1 saturated carbocycles. The molecule has 14 heavy (non-hydrogen) atoms. The van der Waals surface area contributed by atoms with Crippen LogP contribution in [0.25, 0.3) is 0 Å². The molecule has 1 rings (SSSR count). The monoisotopic (exact) mass is 210 g/mol. The Kier molecular flexibility index (Phi) is 3.04. The third-order valence-corrected chi connectivity index (χ3v) is 2.16. The first-order valence-electron chi connectivity index (χ1n) is 4.39. The molecule has 82 valence electrons. The highest BCUT2D eigenvalue weighted by Crippen LogP contribution is 2.33. The van der Waals surface area contributed by atoms with Gasteiger partial charge < -0.3 is 10.6 Å². The predicted molar refractivity (Wildman–Crippen MR) is 44.7 cm³/mol. The number of alkyl halides is 3. The fourth-order valence-corrected chi connectivity index (χ4v) is 0.919. The van der Waals surface area contributed by atoms with Crippen molar-refractivity contribution in [3.05, 3.63) is 0 Å². The number of hydrogen-bond acceptors (Lipinski definition) is 2. The van der Waals surface area contributed by atoms with E-state index in [1.54, 1.807) is 5.32 Å². The van der Waals surface area contributed by atoms with E-state index >= 15 is 0 Å². The lowest BCUT2D eigenvalue weighted by Crippen LogP contribution is -2.42. The lowest BCUT2D eigenvalue weighted by molar-refractivity contribution is -0.137. The van der Waals surface area contributed by atoms with E-state index in [4.69, 9.17) is 0 Å². The molecule has 0 aromatic carbocycles. The maximum atomic E-state index is 11.7. The molecule has 0 heterocycles. The van der Waals surface area contributed by atoms with Crippen LogP contribution in [0.15, 0.2) is 0 Å². The SMILES string of the molecule is CC1(NCC(=O)NCC(F)(F)F)CC1. The van der Waals surface area contributed by atoms with Gasteiger partial charge in [-0.05, 0) is 19.8 Å². The Morgan fingerprint density at radius 1 is 1.43 bits per heavy atom. The zero-order valence-electron chi connectivity index (χ0n) is 7.87. The van der Waals surface area contributed by atoms with Crippen molar-refractivity contribution in [2.24, 2.45) is 0 Å². The number of amides is 1. The maximum Gasteiger partial charge on any atom is 0.405 e. The Bertz CT molecular complexity index is 212. The Labute approximate surface area is 80.0 Å². The molecule has 0 atom stereocenters. The molecule has 0 saturated heterocycles. The van der Waals surface area contributed by atoms with Crippen molar-refractivity contribution in [3.8, 4) is 0 Å². The van der Waals surface area contributed by atoms with Crippen LogP contribution < -0.4 is 10.6 Å². The molecular formula is C8H13F3N2O. The molecule has 1 fully saturated rings. The Hall–Kier alpha value is -0.780. The standard InChI is InChI=1S/C8H13F3N2O/c1-7(2-3-7)13-4-6(14)12-5-8(9,10)11/h13H,2-5H2,1H3,(H,12,14). The summed E-state index contributed by atoms with van der Waals surface area (Å²) in [5, 5.41) is 4.69. The summed E-state index contributed by atoms with van der Waals surface area (Å²) in [4.78, 5) is 10.9. The summed E-state index contributed by atoms with van der Waals surface area (Å²) in [6.07, 6.45) is -2.39. The number of carbonyl (C=O) groups is 1. The summed E-state index contributed by atoms with van der Waals surface area (Å²) in [6, 6.07) is 0. The zero-order chi connectivity index (χ0) is 10.8. The van der Waals surface area contributed by atoms with Crippen LogP contribution in [0.5, 0.6) is 0 Å². The Morgan fingerprint density at radius 2 is 2.00 bits per heavy atom. The average Bonchev–Trinajstić information content (AvgIpc) is 2.76. The fourth-order valence-electron chi connectivity index (χ4n) is 0.919. The molecule has 1 aliphatic rings. The molecule has 0 unspecified atom stereocenters. The van der Waals surface area contributed by atoms with E-state index in [2.05, 4.69) is 5.32 Å². The fraction of sp³-hybridized carbons (Fsp3) is 0.875. The lowest BCUT2D eigenvalue weighted by Gasteiger charge is -2.12. The van der Waals surface area contributed by atoms with Gasteiger partial charge in [-0.2, -0.15) is 13.2 Å². The normalized spacial score (nSPS) is 19.1. The van der Waals surface area contributed by atoms with Crippen LogP contribution in [0.2, 0.25) is 0 Å². The van der Waals surface area contributed by atoms with Crippen LogP contribution >= 0.6 is 0 Å². The molecular weight excluding hydrogens is 197 g/mol. The van der Waals surface area contributed by atoms with Gasteiger partial charge in [-0.3, -0.25) is 4.79 Å². The lowest BCUT2D eigenvalue weighted by atomic mass is 10.3. The quantitative estimate of drug-likeness (QED) is 0.720. The van der Waals surface area contributed by atoms with E-state index in [1.807, 2.05) is 6.92 Å². The molecule has 0 aromatic rings. The van der Waals surface area contributed by atoms with Crippen LogP contribution in [0.1, 0.15) is 19.8 Å². The second kappa shape index (κ2) is 3.76. The summed E-state index contributed by atoms with van der Waals surface area (Å²) >= 11 is 0. The third-order valence-electron chi connectivity index (χ3n) is 2.16. The number of hydrogen-bond donors (Lipinski definition) is 2. The van der Waals surface area contributed by atoms with Gasteiger partial charge in [0.15, 0.2) is 0 Å². The van der Waals surface area contributed by atoms with Crippen molar-refractivity contribution in [1.82, 2.24) is 10.6 Å². The molecule has 1 aliphatic carbocycles. The van der Waals surface area contributed by atoms with Crippen molar-refractivity contribution < 1.29 is 18.0 Å². The molecule has 0 spiro atoms. The highest BCUT2D eigenvalue weighted by molar-refractivity contribution is 5.78. The van der Waals surface area contributed by atoms with Crippen molar-refractivity contribution in [2.45, 2.75) is 31.5 Å². The topological polar surface area (TPSA) is 41.1 Å². The molecule has 0 aliphatic heterocycles. The first kappa shape index (κ1) is 11.3. The summed E-state index contributed by atoms with van der Waals surface area (Å²) in [5.74, 6) is -0.615. The largest absolute Gasteiger partial charge is 0.405 e. The van der Waals surface area contributed by atoms with Crippen LogP contribution in [0.4, 0.5) is 13.2 Å². The van der Waals surface area contributed by atoms with E-state index in [-0.39, 0.29) is 12.1 Å². The molecule has 1 amide bonds. The molecule has 0 bridgehead atoms. The van der Waals surface area contributed by atoms with E-state index in [9.17, 15) is 18.0 Å². The third kappa shape index (κ3) is 4.45. The smallest absolute Gasteiger partial charge is 0.346 e. The van der Waals surface area contributed by atoms with E-state index in [1.165, 1.54) is 0 Å². The Morgan fingerprint density at radius 3 is 2.43 bits per heavy atom. The second-order valence-electron chi connectivity index (χ2n) is 3.81. The number of nitrogens with one attached hydrogen (secondary N) is 2. The average molecular weight is 210 g/mol. The van der Waals surface area contributed by atoms with Gasteiger partial charge in [0.25, 0.3) is 0 Å². The van der Waals surface area contributed by atoms with Gasteiger partial charge in [0.1, 0.15) is 6.54 Å². The van der Waals surface area contributed by atoms with E-state index < -0.39 is 18.6 Å². The van der Waals surface area contributed by atoms with Crippen LogP contribution in [-0.4, -0.2) is 30.7 Å². The van der Waals surface area contributed by atoms with Gasteiger partial charge in [0.05, 0.1) is 6.54 Å². The number of rotatable bonds is 4. The van der Waals surface area contributed by atoms with Crippen molar-refractivity contribution >= 4 is 5.91 Å². The number of carbonyl (C=O) groups excluding carboxylic acids is 1. The van der Waals surface area contributed by atoms with Crippen LogP contribution in [0.3, 0.4) is 0 Å². The van der Waals surface area contributed by atoms with Crippen LogP contribution in [0, 0.1) is 0 Å². The Balaban J connectivity index is 2.10. The summed E-state index contributed by atoms with van der Waals surface area (Å²) in [7, 11) is 0. The van der Waals surface area contributed by atoms with Gasteiger partial charge in [-0.1, -0.05) is 0 Å². The van der Waals surface area contributed by atoms with Crippen molar-refractivity contribution in [3.63, 3.8) is 0 Å². The summed E-state index contributed by atoms with van der Waals surface area (Å²) < 4.78 is 35.0. The van der Waals surface area contributed by atoms with Gasteiger partial charge in [-0.25, -0.2) is 0 Å². The summed E-state index contributed by atoms with van der Waals surface area (Å²) in [6.45, 7) is 0.626. The first-order valence-corrected chi connectivity index (χ1v) is 4.39. The molecule has 3 nitrogen and oxygen atoms in total. The maximum absolute atomic E-state index is 11.7. The van der Waals surface area contributed by atoms with Gasteiger partial charge in [0, 0.05) is 5.54 Å². The summed E-state index contributed by atoms with van der Waals surface area (Å²) in [5.41, 5.74) is -0.0322. The first-order chi connectivity index (χ1) is 6.31. The van der Waals surface area contributed by atoms with Gasteiger partial charge in [-0.15, -0.1) is 0 Å². The van der Waals surface area contributed by atoms with Gasteiger partial charge in [0.2, 0.25) is 5.91 Å². The second-order valence-corrected chi connectivity index (χ2v) is 3.81. The predicted octanol–water partition coefficient (Wildman–Crippen LogP) is 0.807. The highest BCUT2D eigenvalue weighted by atomic mass is 19.4. The highest BCUT2D eigenvalue weighted by Gasteiger charge is 2.37. The van der Waals surface area contributed by atoms with Crippen molar-refractivity contribution in [1.29, 1.82) is 0 Å². The minimum Gasteiger partial charge on any atom is -0.346 e. The number of halogens is 3. The molecule has 6 heteroatoms. The minimum atomic E-state index is -4.33. The van der Waals surface area contributed by atoms with Gasteiger partial charge >= 0.3 is 6.18 Å². The minimum absolute atomic E-state index is 0.0322. The molecule has 0 aromatic heterocycles. The van der Waals surface area contributed by atoms with Crippen molar-refractivity contribution in [2.75, 3.05) is 13.1 Å². The zero-order valence-corrected chi connectivity index (χ0v) is 7.87. The van der Waals surface area contributed by atoms with Crippen LogP contribution in [-0.2, 0) is 4.79 Å². The molecule has 0 radical (unpaired) electrons. The van der Waals surface area contributed by atoms with E-state index in [0.717, 1.165) is 12.8 Å². The van der Waals surface area contributed by atoms with E-state index in [0.29, 0.717) is 0 Å².